The zero-order valence-corrected chi connectivity index (χ0v) is 22.0. The summed E-state index contributed by atoms with van der Waals surface area (Å²) in [6.45, 7) is 6.03. The molecule has 3 aromatic rings. The van der Waals surface area contributed by atoms with Gasteiger partial charge in [-0.05, 0) is 65.0 Å². The van der Waals surface area contributed by atoms with Crippen molar-refractivity contribution in [1.29, 1.82) is 0 Å². The minimum absolute atomic E-state index is 0.0978. The van der Waals surface area contributed by atoms with Gasteiger partial charge in [-0.3, -0.25) is 0 Å². The lowest BCUT2D eigenvalue weighted by molar-refractivity contribution is 0.137. The third-order valence-electron chi connectivity index (χ3n) is 4.65. The van der Waals surface area contributed by atoms with Crippen LogP contribution in [0.1, 0.15) is 51.2 Å². The lowest BCUT2D eigenvalue weighted by atomic mass is 9.93. The van der Waals surface area contributed by atoms with Crippen molar-refractivity contribution >= 4 is 27.5 Å². The van der Waals surface area contributed by atoms with Crippen LogP contribution < -0.4 is 10.5 Å². The van der Waals surface area contributed by atoms with E-state index < -0.39 is 29.9 Å². The zero-order chi connectivity index (χ0) is 27.0. The van der Waals surface area contributed by atoms with Gasteiger partial charge in [0, 0.05) is 34.2 Å². The van der Waals surface area contributed by atoms with E-state index >= 15 is 0 Å². The molecule has 12 heteroatoms. The Morgan fingerprint density at radius 2 is 1.67 bits per heavy atom. The number of rotatable bonds is 8. The quantitative estimate of drug-likeness (QED) is 0.213. The average molecular weight is 596 g/mol. The van der Waals surface area contributed by atoms with E-state index in [9.17, 15) is 22.0 Å². The highest BCUT2D eigenvalue weighted by Crippen LogP contribution is 2.32. The molecule has 0 spiro atoms. The van der Waals surface area contributed by atoms with Gasteiger partial charge in [0.25, 0.3) is 12.9 Å². The van der Waals surface area contributed by atoms with Crippen LogP contribution in [0.3, 0.4) is 0 Å². The van der Waals surface area contributed by atoms with E-state index in [2.05, 4.69) is 30.9 Å². The van der Waals surface area contributed by atoms with Crippen LogP contribution in [0.2, 0.25) is 5.15 Å². The van der Waals surface area contributed by atoms with Crippen molar-refractivity contribution in [3.63, 3.8) is 0 Å². The first kappa shape index (κ1) is 29.9. The van der Waals surface area contributed by atoms with Crippen LogP contribution in [-0.2, 0) is 0 Å². The molecule has 0 saturated carbocycles. The smallest absolute Gasteiger partial charge is 0.269 e. The maximum Gasteiger partial charge on any atom is 0.269 e. The molecule has 0 fully saturated rings. The monoisotopic (exact) mass is 594 g/mol. The molecule has 0 aromatic carbocycles. The van der Waals surface area contributed by atoms with Crippen molar-refractivity contribution in [2.45, 2.75) is 45.6 Å². The van der Waals surface area contributed by atoms with Crippen molar-refractivity contribution in [3.05, 3.63) is 69.6 Å². The summed E-state index contributed by atoms with van der Waals surface area (Å²) in [4.78, 5) is 11.1. The van der Waals surface area contributed by atoms with Crippen LogP contribution in [0.5, 0.6) is 5.88 Å². The topological polar surface area (TPSA) is 73.9 Å². The molecule has 0 aliphatic rings. The second-order valence-corrected chi connectivity index (χ2v) is 9.96. The van der Waals surface area contributed by atoms with E-state index in [1.54, 1.807) is 12.1 Å². The predicted octanol–water partition coefficient (Wildman–Crippen LogP) is 7.80. The number of nitrogens with zero attached hydrogens (tertiary/aromatic N) is 3. The second kappa shape index (κ2) is 13.3. The Hall–Kier alpha value is -2.37. The Morgan fingerprint density at radius 3 is 2.22 bits per heavy atom. The summed E-state index contributed by atoms with van der Waals surface area (Å²) in [5.41, 5.74) is 5.77. The van der Waals surface area contributed by atoms with E-state index in [1.165, 1.54) is 18.5 Å². The molecule has 2 N–H and O–H groups in total. The van der Waals surface area contributed by atoms with E-state index in [1.807, 2.05) is 20.8 Å². The number of halogens is 7. The van der Waals surface area contributed by atoms with E-state index in [0.717, 1.165) is 12.3 Å². The Balaban J connectivity index is 0.000000346. The molecule has 1 atom stereocenters. The fraction of sp³-hybridized carbons (Fsp3) is 0.375. The number of ether oxygens (including phenoxy) is 1. The van der Waals surface area contributed by atoms with Crippen LogP contribution in [-0.4, -0.2) is 27.1 Å². The minimum Gasteiger partial charge on any atom is -0.475 e. The van der Waals surface area contributed by atoms with Gasteiger partial charge < -0.3 is 10.5 Å². The molecule has 3 rings (SSSR count). The summed E-state index contributed by atoms with van der Waals surface area (Å²) < 4.78 is 69.0. The summed E-state index contributed by atoms with van der Waals surface area (Å²) in [6.07, 6.45) is -0.709. The fourth-order valence-corrected chi connectivity index (χ4v) is 3.83. The van der Waals surface area contributed by atoms with Crippen molar-refractivity contribution in [2.75, 3.05) is 6.61 Å². The van der Waals surface area contributed by atoms with Crippen molar-refractivity contribution < 1.29 is 26.7 Å². The minimum atomic E-state index is -2.82. The molecule has 0 bridgehead atoms. The van der Waals surface area contributed by atoms with Gasteiger partial charge in [0.05, 0.1) is 11.1 Å². The lowest BCUT2D eigenvalue weighted by Gasteiger charge is -2.26. The standard InChI is InChI=1S/C18H22ClF2N3O.C6H3BrF3N/c1-11(2)8-18(3,22)10-25-17-14(16(20)21)6-13(9-24-17)12-4-5-23-15(19)7-12;7-3-1-4(5(8)9)6(10)11-2-3/h4-7,9,11,16H,8,10,22H2,1-3H3;1-2,5H/t18-;/m0./s1. The maximum atomic E-state index is 13.4. The molecule has 0 radical (unpaired) electrons. The van der Waals surface area contributed by atoms with Crippen molar-refractivity contribution in [2.24, 2.45) is 11.7 Å². The summed E-state index contributed by atoms with van der Waals surface area (Å²) in [7, 11) is 0. The van der Waals surface area contributed by atoms with Crippen LogP contribution >= 0.6 is 27.5 Å². The number of hydrogen-bond donors (Lipinski definition) is 1. The third kappa shape index (κ3) is 9.25. The Bertz CT molecular complexity index is 1150. The molecule has 0 unspecified atom stereocenters. The molecule has 36 heavy (non-hydrogen) atoms. The predicted molar refractivity (Wildman–Crippen MR) is 132 cm³/mol. The molecule has 3 aromatic heterocycles. The number of hydrogen-bond acceptors (Lipinski definition) is 5. The largest absolute Gasteiger partial charge is 0.475 e. The zero-order valence-electron chi connectivity index (χ0n) is 19.7. The highest BCUT2D eigenvalue weighted by Gasteiger charge is 2.24. The van der Waals surface area contributed by atoms with Gasteiger partial charge >= 0.3 is 0 Å². The Kier molecular flexibility index (Phi) is 11.0. The first-order chi connectivity index (χ1) is 16.8. The van der Waals surface area contributed by atoms with Crippen LogP contribution in [0.25, 0.3) is 11.1 Å². The fourth-order valence-electron chi connectivity index (χ4n) is 3.30. The van der Waals surface area contributed by atoms with Gasteiger partial charge in [-0.15, -0.1) is 0 Å². The highest BCUT2D eigenvalue weighted by atomic mass is 79.9. The Labute approximate surface area is 219 Å². The number of pyridine rings is 3. The lowest BCUT2D eigenvalue weighted by Crippen LogP contribution is -2.43. The van der Waals surface area contributed by atoms with Gasteiger partial charge in [-0.2, -0.15) is 4.39 Å². The summed E-state index contributed by atoms with van der Waals surface area (Å²) in [5, 5.41) is 0.281. The number of nitrogens with two attached hydrogens (primary N) is 1. The summed E-state index contributed by atoms with van der Waals surface area (Å²) in [5.74, 6) is -0.845. The maximum absolute atomic E-state index is 13.4. The SMILES string of the molecule is CC(C)C[C@](C)(N)COc1ncc(-c2ccnc(Cl)c2)cc1C(F)F.Fc1ncc(Br)cc1C(F)F. The van der Waals surface area contributed by atoms with Gasteiger partial charge in [-0.25, -0.2) is 32.5 Å². The molecule has 0 aliphatic carbocycles. The summed E-state index contributed by atoms with van der Waals surface area (Å²) >= 11 is 8.75. The highest BCUT2D eigenvalue weighted by molar-refractivity contribution is 9.10. The molecule has 0 amide bonds. The van der Waals surface area contributed by atoms with Crippen molar-refractivity contribution in [1.82, 2.24) is 15.0 Å². The molecule has 0 saturated heterocycles. The van der Waals surface area contributed by atoms with E-state index in [4.69, 9.17) is 22.1 Å². The molecule has 0 aliphatic heterocycles. The van der Waals surface area contributed by atoms with Crippen LogP contribution in [0.4, 0.5) is 22.0 Å². The molecule has 3 heterocycles. The van der Waals surface area contributed by atoms with Crippen molar-refractivity contribution in [3.8, 4) is 17.0 Å². The second-order valence-electron chi connectivity index (χ2n) is 8.66. The van der Waals surface area contributed by atoms with Gasteiger partial charge in [0.15, 0.2) is 0 Å². The molecular formula is C24H25BrClF5N4O. The first-order valence-electron chi connectivity index (χ1n) is 10.7. The molecular weight excluding hydrogens is 571 g/mol. The molecule has 5 nitrogen and oxygen atoms in total. The Morgan fingerprint density at radius 1 is 1.00 bits per heavy atom. The van der Waals surface area contributed by atoms with Gasteiger partial charge in [0.2, 0.25) is 11.8 Å². The van der Waals surface area contributed by atoms with E-state index in [0.29, 0.717) is 27.9 Å². The average Bonchev–Trinajstić information content (AvgIpc) is 2.78. The normalized spacial score (nSPS) is 12.9. The van der Waals surface area contributed by atoms with Gasteiger partial charge in [-0.1, -0.05) is 25.4 Å². The van der Waals surface area contributed by atoms with Crippen LogP contribution in [0.15, 0.2) is 47.3 Å². The third-order valence-corrected chi connectivity index (χ3v) is 5.30. The van der Waals surface area contributed by atoms with E-state index in [-0.39, 0.29) is 23.2 Å². The number of alkyl halides is 4. The summed E-state index contributed by atoms with van der Waals surface area (Å²) in [6, 6.07) is 5.63. The van der Waals surface area contributed by atoms with Gasteiger partial charge in [0.1, 0.15) is 11.8 Å². The molecule has 196 valence electrons. The number of aromatic nitrogens is 3. The van der Waals surface area contributed by atoms with Crippen LogP contribution in [0, 0.1) is 11.9 Å². The first-order valence-corrected chi connectivity index (χ1v) is 11.9.